The van der Waals surface area contributed by atoms with Crippen molar-refractivity contribution < 1.29 is 18.7 Å². The molecule has 6 rings (SSSR count). The van der Waals surface area contributed by atoms with Gasteiger partial charge in [-0.25, -0.2) is 4.39 Å². The second-order valence-corrected chi connectivity index (χ2v) is 9.96. The summed E-state index contributed by atoms with van der Waals surface area (Å²) in [6, 6.07) is 4.45. The molecule has 1 atom stereocenters. The lowest BCUT2D eigenvalue weighted by Crippen LogP contribution is -2.59. The van der Waals surface area contributed by atoms with Crippen LogP contribution in [0.1, 0.15) is 44.1 Å². The fourth-order valence-electron chi connectivity index (χ4n) is 6.76. The van der Waals surface area contributed by atoms with Gasteiger partial charge < -0.3 is 15.4 Å². The molecule has 1 saturated heterocycles. The Morgan fingerprint density at radius 1 is 1.19 bits per heavy atom. The van der Waals surface area contributed by atoms with E-state index in [1.54, 1.807) is 12.1 Å². The fraction of sp³-hybridized carbons (Fsp3) is 0.667. The Labute approximate surface area is 182 Å². The maximum atomic E-state index is 14.5. The fourth-order valence-corrected chi connectivity index (χ4v) is 6.76. The second-order valence-electron chi connectivity index (χ2n) is 9.96. The molecule has 5 fully saturated rings. The second kappa shape index (κ2) is 8.41. The van der Waals surface area contributed by atoms with Gasteiger partial charge in [-0.05, 0) is 61.8 Å². The van der Waals surface area contributed by atoms with E-state index in [0.29, 0.717) is 42.8 Å². The molecule has 0 radical (unpaired) electrons. The van der Waals surface area contributed by atoms with E-state index in [1.807, 2.05) is 4.90 Å². The Morgan fingerprint density at radius 2 is 1.90 bits per heavy atom. The summed E-state index contributed by atoms with van der Waals surface area (Å²) in [5.74, 6) is 2.81. The summed E-state index contributed by atoms with van der Waals surface area (Å²) in [4.78, 5) is 27.5. The predicted octanol–water partition coefficient (Wildman–Crippen LogP) is 2.47. The van der Waals surface area contributed by atoms with Crippen LogP contribution in [0.5, 0.6) is 5.75 Å². The number of hydrogen-bond acceptors (Lipinski definition) is 4. The number of hydrogen-bond donors (Lipinski definition) is 2. The van der Waals surface area contributed by atoms with Gasteiger partial charge in [-0.15, -0.1) is 0 Å². The Morgan fingerprint density at radius 3 is 2.55 bits per heavy atom. The summed E-state index contributed by atoms with van der Waals surface area (Å²) in [6.07, 6.45) is 6.46. The van der Waals surface area contributed by atoms with E-state index in [-0.39, 0.29) is 30.1 Å². The molecule has 168 valence electrons. The van der Waals surface area contributed by atoms with Crippen molar-refractivity contribution in [2.75, 3.05) is 20.2 Å². The van der Waals surface area contributed by atoms with Crippen molar-refractivity contribution in [3.05, 3.63) is 29.6 Å². The monoisotopic (exact) mass is 429 g/mol. The van der Waals surface area contributed by atoms with Gasteiger partial charge in [-0.3, -0.25) is 14.5 Å². The van der Waals surface area contributed by atoms with Crippen molar-refractivity contribution in [2.45, 2.75) is 57.2 Å². The van der Waals surface area contributed by atoms with Gasteiger partial charge in [0.05, 0.1) is 19.6 Å². The first-order valence-corrected chi connectivity index (χ1v) is 11.6. The van der Waals surface area contributed by atoms with Crippen molar-refractivity contribution in [3.63, 3.8) is 0 Å². The number of benzene rings is 1. The van der Waals surface area contributed by atoms with Crippen molar-refractivity contribution in [1.29, 1.82) is 0 Å². The zero-order valence-corrected chi connectivity index (χ0v) is 18.1. The third-order valence-corrected chi connectivity index (χ3v) is 8.01. The zero-order chi connectivity index (χ0) is 21.5. The Bertz CT molecular complexity index is 832. The summed E-state index contributed by atoms with van der Waals surface area (Å²) in [5, 5.41) is 6.17. The number of piperazine rings is 1. The molecule has 0 spiro atoms. The van der Waals surface area contributed by atoms with E-state index in [1.165, 1.54) is 45.3 Å². The topological polar surface area (TPSA) is 70.7 Å². The average Bonchev–Trinajstić information content (AvgIpc) is 2.74. The Hall–Kier alpha value is -2.15. The van der Waals surface area contributed by atoms with Gasteiger partial charge in [0.1, 0.15) is 11.6 Å². The summed E-state index contributed by atoms with van der Waals surface area (Å²) in [5.41, 5.74) is 0.502. The summed E-state index contributed by atoms with van der Waals surface area (Å²) in [7, 11) is 1.50. The van der Waals surface area contributed by atoms with Crippen molar-refractivity contribution in [3.8, 4) is 5.75 Å². The number of methoxy groups -OCH3 is 1. The van der Waals surface area contributed by atoms with Crippen LogP contribution in [0.25, 0.3) is 0 Å². The Balaban J connectivity index is 1.24. The predicted molar refractivity (Wildman–Crippen MR) is 114 cm³/mol. The summed E-state index contributed by atoms with van der Waals surface area (Å²) >= 11 is 0. The van der Waals surface area contributed by atoms with Gasteiger partial charge in [0.25, 0.3) is 0 Å². The number of carbonyl (C=O) groups excluding carboxylic acids is 2. The minimum atomic E-state index is -0.577. The van der Waals surface area contributed by atoms with Crippen LogP contribution in [0.2, 0.25) is 0 Å². The molecule has 1 aromatic carbocycles. The highest BCUT2D eigenvalue weighted by atomic mass is 19.1. The molecule has 1 aromatic rings. The first-order valence-electron chi connectivity index (χ1n) is 11.6. The Kier molecular flexibility index (Phi) is 5.63. The van der Waals surface area contributed by atoms with Gasteiger partial charge >= 0.3 is 0 Å². The lowest BCUT2D eigenvalue weighted by molar-refractivity contribution is -0.135. The SMILES string of the molecule is COc1ccc(CN2CCNC(=O)[C@@H]2CC(=O)NC2C3CC4CC(C3)CC2C4)c(F)c1. The minimum Gasteiger partial charge on any atom is -0.497 e. The van der Waals surface area contributed by atoms with Crippen LogP contribution >= 0.6 is 0 Å². The van der Waals surface area contributed by atoms with Gasteiger partial charge in [0, 0.05) is 37.3 Å². The molecule has 0 unspecified atom stereocenters. The number of carbonyl (C=O) groups is 2. The van der Waals surface area contributed by atoms with Crippen LogP contribution in [0.4, 0.5) is 4.39 Å². The smallest absolute Gasteiger partial charge is 0.237 e. The standard InChI is InChI=1S/C24H32FN3O3/c1-31-19-3-2-16(20(25)11-19)13-28-5-4-26-24(30)21(28)12-22(29)27-23-17-7-14-6-15(9-17)10-18(23)8-14/h2-3,11,14-15,17-18,21,23H,4-10,12-13H2,1H3,(H,26,30)(H,27,29)/t14?,15?,17?,18?,21-,23?/m0/s1. The van der Waals surface area contributed by atoms with Gasteiger partial charge in [-0.1, -0.05) is 6.07 Å². The van der Waals surface area contributed by atoms with Crippen molar-refractivity contribution in [2.24, 2.45) is 23.7 Å². The van der Waals surface area contributed by atoms with E-state index in [0.717, 1.165) is 11.8 Å². The largest absolute Gasteiger partial charge is 0.497 e. The number of amides is 2. The molecule has 2 N–H and O–H groups in total. The van der Waals surface area contributed by atoms with E-state index in [9.17, 15) is 14.0 Å². The maximum Gasteiger partial charge on any atom is 0.237 e. The number of halogens is 1. The van der Waals surface area contributed by atoms with Gasteiger partial charge in [0.2, 0.25) is 11.8 Å². The molecule has 2 amide bonds. The van der Waals surface area contributed by atoms with Crippen LogP contribution in [0.3, 0.4) is 0 Å². The highest BCUT2D eigenvalue weighted by Gasteiger charge is 2.48. The molecular weight excluding hydrogens is 397 g/mol. The normalized spacial score (nSPS) is 34.5. The maximum absolute atomic E-state index is 14.5. The third kappa shape index (κ3) is 4.16. The number of nitrogens with one attached hydrogen (secondary N) is 2. The minimum absolute atomic E-state index is 0.0558. The van der Waals surface area contributed by atoms with E-state index >= 15 is 0 Å². The highest BCUT2D eigenvalue weighted by molar-refractivity contribution is 5.89. The van der Waals surface area contributed by atoms with Crippen LogP contribution in [-0.4, -0.2) is 49.0 Å². The van der Waals surface area contributed by atoms with Crippen LogP contribution in [0.15, 0.2) is 18.2 Å². The zero-order valence-electron chi connectivity index (χ0n) is 18.1. The third-order valence-electron chi connectivity index (χ3n) is 8.01. The summed E-state index contributed by atoms with van der Waals surface area (Å²) in [6.45, 7) is 1.39. The molecule has 4 saturated carbocycles. The number of rotatable bonds is 6. The molecule has 0 aromatic heterocycles. The molecular formula is C24H32FN3O3. The van der Waals surface area contributed by atoms with E-state index in [2.05, 4.69) is 10.6 Å². The number of ether oxygens (including phenoxy) is 1. The van der Waals surface area contributed by atoms with Crippen LogP contribution in [0, 0.1) is 29.5 Å². The first-order chi connectivity index (χ1) is 15.0. The van der Waals surface area contributed by atoms with Crippen molar-refractivity contribution in [1.82, 2.24) is 15.5 Å². The molecule has 1 heterocycles. The summed E-state index contributed by atoms with van der Waals surface area (Å²) < 4.78 is 19.5. The molecule has 6 nitrogen and oxygen atoms in total. The highest BCUT2D eigenvalue weighted by Crippen LogP contribution is 2.53. The van der Waals surface area contributed by atoms with E-state index < -0.39 is 6.04 Å². The molecule has 5 aliphatic rings. The lowest BCUT2D eigenvalue weighted by atomic mass is 9.54. The van der Waals surface area contributed by atoms with Gasteiger partial charge in [0.15, 0.2) is 0 Å². The quantitative estimate of drug-likeness (QED) is 0.729. The first kappa shape index (κ1) is 20.7. The van der Waals surface area contributed by atoms with Crippen LogP contribution < -0.4 is 15.4 Å². The molecule has 7 heteroatoms. The molecule has 4 bridgehead atoms. The molecule has 1 aliphatic heterocycles. The van der Waals surface area contributed by atoms with Crippen LogP contribution in [-0.2, 0) is 16.1 Å². The molecule has 31 heavy (non-hydrogen) atoms. The molecule has 4 aliphatic carbocycles. The lowest BCUT2D eigenvalue weighted by Gasteiger charge is -2.54. The van der Waals surface area contributed by atoms with Crippen molar-refractivity contribution >= 4 is 11.8 Å². The average molecular weight is 430 g/mol. The number of nitrogens with zero attached hydrogens (tertiary/aromatic N) is 1. The van der Waals surface area contributed by atoms with E-state index in [4.69, 9.17) is 4.74 Å². The van der Waals surface area contributed by atoms with Gasteiger partial charge in [-0.2, -0.15) is 0 Å².